The molecule has 1 aliphatic rings. The molecule has 1 aromatic carbocycles. The molecule has 124 valence electrons. The van der Waals surface area contributed by atoms with Gasteiger partial charge in [0.2, 0.25) is 0 Å². The van der Waals surface area contributed by atoms with Gasteiger partial charge in [-0.05, 0) is 36.8 Å². The third-order valence-electron chi connectivity index (χ3n) is 4.07. The highest BCUT2D eigenvalue weighted by Crippen LogP contribution is 2.15. The Labute approximate surface area is 149 Å². The van der Waals surface area contributed by atoms with E-state index in [2.05, 4.69) is 20.9 Å². The van der Waals surface area contributed by atoms with E-state index in [1.165, 1.54) is 0 Å². The average Bonchev–Trinajstić information content (AvgIpc) is 2.87. The zero-order chi connectivity index (χ0) is 16.9. The molecule has 0 aliphatic carbocycles. The highest BCUT2D eigenvalue weighted by Gasteiger charge is 2.23. The maximum absolute atomic E-state index is 12.6. The molecule has 2 amide bonds. The van der Waals surface area contributed by atoms with Gasteiger partial charge in [-0.2, -0.15) is 0 Å². The van der Waals surface area contributed by atoms with Crippen molar-refractivity contribution in [1.82, 2.24) is 14.8 Å². The number of carbonyl (C=O) groups is 2. The lowest BCUT2D eigenvalue weighted by Gasteiger charge is -2.22. The second-order valence-electron chi connectivity index (χ2n) is 5.68. The summed E-state index contributed by atoms with van der Waals surface area (Å²) in [6.07, 6.45) is 4.01. The number of pyridine rings is 1. The maximum atomic E-state index is 12.6. The number of amides is 2. The predicted octanol–water partition coefficient (Wildman–Crippen LogP) is 2.83. The van der Waals surface area contributed by atoms with Crippen LogP contribution in [-0.2, 0) is 0 Å². The Kier molecular flexibility index (Phi) is 5.25. The van der Waals surface area contributed by atoms with Crippen LogP contribution in [0, 0.1) is 0 Å². The van der Waals surface area contributed by atoms with Crippen molar-refractivity contribution in [2.75, 3.05) is 26.2 Å². The van der Waals surface area contributed by atoms with Crippen LogP contribution in [0.2, 0.25) is 0 Å². The van der Waals surface area contributed by atoms with Crippen molar-refractivity contribution in [3.05, 3.63) is 64.4 Å². The molecule has 6 heteroatoms. The Balaban J connectivity index is 1.67. The van der Waals surface area contributed by atoms with E-state index in [0.717, 1.165) is 10.9 Å². The summed E-state index contributed by atoms with van der Waals surface area (Å²) in [5.41, 5.74) is 1.30. The van der Waals surface area contributed by atoms with Gasteiger partial charge in [0.15, 0.2) is 0 Å². The first-order chi connectivity index (χ1) is 11.6. The van der Waals surface area contributed by atoms with Gasteiger partial charge in [-0.3, -0.25) is 14.6 Å². The molecular formula is C18H18BrN3O2. The smallest absolute Gasteiger partial charge is 0.254 e. The normalized spacial score (nSPS) is 15.0. The number of benzene rings is 1. The number of nitrogens with zero attached hydrogens (tertiary/aromatic N) is 3. The highest BCUT2D eigenvalue weighted by atomic mass is 79.9. The predicted molar refractivity (Wildman–Crippen MR) is 94.8 cm³/mol. The lowest BCUT2D eigenvalue weighted by molar-refractivity contribution is 0.0718. The fraction of sp³-hybridized carbons (Fsp3) is 0.278. The van der Waals surface area contributed by atoms with Gasteiger partial charge >= 0.3 is 0 Å². The third kappa shape index (κ3) is 3.82. The lowest BCUT2D eigenvalue weighted by Crippen LogP contribution is -2.37. The minimum atomic E-state index is -0.00541. The standard InChI is InChI=1S/C18H18BrN3O2/c19-16-4-1-3-15(13-16)18(24)22-10-2-9-21(11-12-22)17(23)14-5-7-20-8-6-14/h1,3-8,13H,2,9-12H2. The van der Waals surface area contributed by atoms with Crippen LogP contribution in [0.4, 0.5) is 0 Å². The van der Waals surface area contributed by atoms with Crippen LogP contribution in [0.5, 0.6) is 0 Å². The van der Waals surface area contributed by atoms with E-state index in [4.69, 9.17) is 0 Å². The topological polar surface area (TPSA) is 53.5 Å². The van der Waals surface area contributed by atoms with Crippen LogP contribution in [-0.4, -0.2) is 52.8 Å². The molecule has 0 spiro atoms. The third-order valence-corrected chi connectivity index (χ3v) is 4.56. The molecule has 0 unspecified atom stereocenters. The summed E-state index contributed by atoms with van der Waals surface area (Å²) in [7, 11) is 0. The summed E-state index contributed by atoms with van der Waals surface area (Å²) in [4.78, 5) is 32.7. The van der Waals surface area contributed by atoms with Crippen LogP contribution in [0.1, 0.15) is 27.1 Å². The molecule has 5 nitrogen and oxygen atoms in total. The molecule has 2 heterocycles. The molecule has 0 atom stereocenters. The molecule has 3 rings (SSSR count). The van der Waals surface area contributed by atoms with Gasteiger partial charge in [-0.1, -0.05) is 22.0 Å². The second kappa shape index (κ2) is 7.57. The Morgan fingerprint density at radius 3 is 2.12 bits per heavy atom. The van der Waals surface area contributed by atoms with Crippen molar-refractivity contribution in [1.29, 1.82) is 0 Å². The first-order valence-electron chi connectivity index (χ1n) is 7.89. The summed E-state index contributed by atoms with van der Waals surface area (Å²) < 4.78 is 0.887. The molecule has 1 aromatic heterocycles. The summed E-state index contributed by atoms with van der Waals surface area (Å²) in [6.45, 7) is 2.40. The summed E-state index contributed by atoms with van der Waals surface area (Å²) >= 11 is 3.40. The molecule has 1 fully saturated rings. The average molecular weight is 388 g/mol. The van der Waals surface area contributed by atoms with Crippen molar-refractivity contribution in [3.63, 3.8) is 0 Å². The monoisotopic (exact) mass is 387 g/mol. The quantitative estimate of drug-likeness (QED) is 0.795. The van der Waals surface area contributed by atoms with Crippen molar-refractivity contribution < 1.29 is 9.59 Å². The first kappa shape index (κ1) is 16.6. The van der Waals surface area contributed by atoms with Crippen molar-refractivity contribution in [3.8, 4) is 0 Å². The zero-order valence-electron chi connectivity index (χ0n) is 13.2. The van der Waals surface area contributed by atoms with Gasteiger partial charge in [0.25, 0.3) is 11.8 Å². The van der Waals surface area contributed by atoms with E-state index in [0.29, 0.717) is 37.3 Å². The number of hydrogen-bond donors (Lipinski definition) is 0. The number of carbonyl (C=O) groups excluding carboxylic acids is 2. The van der Waals surface area contributed by atoms with E-state index in [1.54, 1.807) is 24.5 Å². The van der Waals surface area contributed by atoms with E-state index >= 15 is 0 Å². The van der Waals surface area contributed by atoms with E-state index in [1.807, 2.05) is 34.1 Å². The zero-order valence-corrected chi connectivity index (χ0v) is 14.8. The van der Waals surface area contributed by atoms with Crippen LogP contribution in [0.15, 0.2) is 53.3 Å². The van der Waals surface area contributed by atoms with Gasteiger partial charge in [0, 0.05) is 54.2 Å². The van der Waals surface area contributed by atoms with Gasteiger partial charge in [-0.15, -0.1) is 0 Å². The first-order valence-corrected chi connectivity index (χ1v) is 8.68. The number of hydrogen-bond acceptors (Lipinski definition) is 3. The minimum absolute atomic E-state index is 0.00541. The van der Waals surface area contributed by atoms with Crippen LogP contribution >= 0.6 is 15.9 Å². The van der Waals surface area contributed by atoms with Crippen molar-refractivity contribution >= 4 is 27.7 Å². The second-order valence-corrected chi connectivity index (χ2v) is 6.60. The van der Waals surface area contributed by atoms with Crippen LogP contribution in [0.3, 0.4) is 0 Å². The highest BCUT2D eigenvalue weighted by molar-refractivity contribution is 9.10. The largest absolute Gasteiger partial charge is 0.337 e. The lowest BCUT2D eigenvalue weighted by atomic mass is 10.2. The Hall–Kier alpha value is -2.21. The van der Waals surface area contributed by atoms with Crippen LogP contribution < -0.4 is 0 Å². The molecule has 1 saturated heterocycles. The summed E-state index contributed by atoms with van der Waals surface area (Å²) in [6, 6.07) is 10.8. The van der Waals surface area contributed by atoms with E-state index in [-0.39, 0.29) is 11.8 Å². The fourth-order valence-corrected chi connectivity index (χ4v) is 3.20. The Bertz CT molecular complexity index is 736. The molecule has 0 N–H and O–H groups in total. The van der Waals surface area contributed by atoms with E-state index < -0.39 is 0 Å². The molecule has 0 saturated carbocycles. The summed E-state index contributed by atoms with van der Waals surface area (Å²) in [5.74, 6) is 0.00339. The number of rotatable bonds is 2. The fourth-order valence-electron chi connectivity index (χ4n) is 2.80. The number of halogens is 1. The minimum Gasteiger partial charge on any atom is -0.337 e. The Morgan fingerprint density at radius 2 is 1.50 bits per heavy atom. The van der Waals surface area contributed by atoms with E-state index in [9.17, 15) is 9.59 Å². The van der Waals surface area contributed by atoms with Gasteiger partial charge in [-0.25, -0.2) is 0 Å². The molecule has 0 radical (unpaired) electrons. The van der Waals surface area contributed by atoms with Gasteiger partial charge in [0.1, 0.15) is 0 Å². The number of aromatic nitrogens is 1. The molecule has 0 bridgehead atoms. The van der Waals surface area contributed by atoms with Crippen LogP contribution in [0.25, 0.3) is 0 Å². The molecule has 2 aromatic rings. The SMILES string of the molecule is O=C(c1ccncc1)N1CCCN(C(=O)c2cccc(Br)c2)CC1. The molecule has 24 heavy (non-hydrogen) atoms. The van der Waals surface area contributed by atoms with Crippen molar-refractivity contribution in [2.24, 2.45) is 0 Å². The molecular weight excluding hydrogens is 370 g/mol. The Morgan fingerprint density at radius 1 is 0.875 bits per heavy atom. The van der Waals surface area contributed by atoms with Crippen molar-refractivity contribution in [2.45, 2.75) is 6.42 Å². The maximum Gasteiger partial charge on any atom is 0.254 e. The van der Waals surface area contributed by atoms with Gasteiger partial charge < -0.3 is 9.80 Å². The molecule has 1 aliphatic heterocycles. The summed E-state index contributed by atoms with van der Waals surface area (Å²) in [5, 5.41) is 0. The van der Waals surface area contributed by atoms with Gasteiger partial charge in [0.05, 0.1) is 0 Å².